The minimum absolute atomic E-state index is 0.108. The molecular formula is C24H32N2O. The van der Waals surface area contributed by atoms with Gasteiger partial charge in [-0.2, -0.15) is 0 Å². The maximum Gasteiger partial charge on any atom is 0.115 e. The summed E-state index contributed by atoms with van der Waals surface area (Å²) >= 11 is 0. The predicted octanol–water partition coefficient (Wildman–Crippen LogP) is 4.09. The number of benzene rings is 2. The molecule has 0 amide bonds. The van der Waals surface area contributed by atoms with Gasteiger partial charge in [0.15, 0.2) is 0 Å². The average Bonchev–Trinajstić information content (AvgIpc) is 2.66. The molecule has 1 aliphatic heterocycles. The summed E-state index contributed by atoms with van der Waals surface area (Å²) in [6.45, 7) is 4.65. The Morgan fingerprint density at radius 2 is 1.93 bits per heavy atom. The molecule has 2 fully saturated rings. The third kappa shape index (κ3) is 3.76. The van der Waals surface area contributed by atoms with Crippen molar-refractivity contribution >= 4 is 0 Å². The van der Waals surface area contributed by atoms with E-state index in [0.29, 0.717) is 17.7 Å². The van der Waals surface area contributed by atoms with Crippen LogP contribution in [-0.2, 0) is 11.8 Å². The molecule has 0 spiro atoms. The van der Waals surface area contributed by atoms with E-state index < -0.39 is 0 Å². The first-order valence-electron chi connectivity index (χ1n) is 10.4. The van der Waals surface area contributed by atoms with Crippen molar-refractivity contribution < 1.29 is 5.11 Å². The van der Waals surface area contributed by atoms with E-state index in [1.165, 1.54) is 17.5 Å². The average molecular weight is 365 g/mol. The SMILES string of the molecule is C[C@@H]1CN(CCCc2ccccc2)[C@H]2C[C@@H](N)C[C@]1(c1cccc(O)c1)C2. The van der Waals surface area contributed by atoms with Crippen molar-refractivity contribution in [3.63, 3.8) is 0 Å². The quantitative estimate of drug-likeness (QED) is 0.840. The first kappa shape index (κ1) is 18.5. The normalized spacial score (nSPS) is 31.0. The van der Waals surface area contributed by atoms with Crippen LogP contribution in [0.1, 0.15) is 43.7 Å². The minimum atomic E-state index is 0.108. The molecule has 2 aromatic carbocycles. The maximum absolute atomic E-state index is 10.0. The number of nitrogens with two attached hydrogens (primary N) is 1. The fourth-order valence-electron chi connectivity index (χ4n) is 5.58. The minimum Gasteiger partial charge on any atom is -0.508 e. The van der Waals surface area contributed by atoms with Gasteiger partial charge in [0.1, 0.15) is 5.75 Å². The van der Waals surface area contributed by atoms with Gasteiger partial charge >= 0.3 is 0 Å². The van der Waals surface area contributed by atoms with Crippen LogP contribution in [0.4, 0.5) is 0 Å². The summed E-state index contributed by atoms with van der Waals surface area (Å²) < 4.78 is 0. The lowest BCUT2D eigenvalue weighted by Crippen LogP contribution is -2.60. The third-order valence-electron chi connectivity index (χ3n) is 6.94. The van der Waals surface area contributed by atoms with Crippen molar-refractivity contribution in [2.24, 2.45) is 11.7 Å². The molecule has 1 saturated heterocycles. The van der Waals surface area contributed by atoms with Crippen LogP contribution in [0.2, 0.25) is 0 Å². The number of phenolic OH excluding ortho intramolecular Hbond substituents is 1. The molecule has 0 aromatic heterocycles. The fraction of sp³-hybridized carbons (Fsp3) is 0.500. The second kappa shape index (κ2) is 7.65. The number of phenols is 1. The van der Waals surface area contributed by atoms with E-state index in [-0.39, 0.29) is 11.5 Å². The van der Waals surface area contributed by atoms with E-state index in [1.54, 1.807) is 6.07 Å². The molecule has 0 radical (unpaired) electrons. The Balaban J connectivity index is 1.48. The van der Waals surface area contributed by atoms with Crippen molar-refractivity contribution in [3.05, 3.63) is 65.7 Å². The molecule has 27 heavy (non-hydrogen) atoms. The molecule has 3 heteroatoms. The van der Waals surface area contributed by atoms with Gasteiger partial charge < -0.3 is 10.8 Å². The maximum atomic E-state index is 10.0. The highest BCUT2D eigenvalue weighted by Crippen LogP contribution is 2.50. The zero-order valence-electron chi connectivity index (χ0n) is 16.3. The lowest BCUT2D eigenvalue weighted by Gasteiger charge is -2.56. The van der Waals surface area contributed by atoms with Crippen LogP contribution in [0.15, 0.2) is 54.6 Å². The van der Waals surface area contributed by atoms with E-state index in [2.05, 4.69) is 48.2 Å². The Hall–Kier alpha value is -1.84. The summed E-state index contributed by atoms with van der Waals surface area (Å²) in [5, 5.41) is 10.0. The van der Waals surface area contributed by atoms with Crippen molar-refractivity contribution in [2.75, 3.05) is 13.1 Å². The van der Waals surface area contributed by atoms with Gasteiger partial charge in [0.25, 0.3) is 0 Å². The number of piperidine rings is 1. The number of likely N-dealkylation sites (tertiary alicyclic amines) is 1. The molecule has 144 valence electrons. The number of nitrogens with zero attached hydrogens (tertiary/aromatic N) is 1. The molecule has 0 unspecified atom stereocenters. The topological polar surface area (TPSA) is 49.5 Å². The smallest absolute Gasteiger partial charge is 0.115 e. The van der Waals surface area contributed by atoms with Crippen LogP contribution in [-0.4, -0.2) is 35.2 Å². The Kier molecular flexibility index (Phi) is 5.25. The molecule has 4 rings (SSSR count). The first-order chi connectivity index (χ1) is 13.1. The molecule has 3 N–H and O–H groups in total. The lowest BCUT2D eigenvalue weighted by molar-refractivity contribution is 0.00191. The van der Waals surface area contributed by atoms with E-state index in [1.807, 2.05) is 12.1 Å². The Morgan fingerprint density at radius 1 is 1.11 bits per heavy atom. The number of aromatic hydroxyl groups is 1. The molecule has 1 aliphatic carbocycles. The van der Waals surface area contributed by atoms with E-state index >= 15 is 0 Å². The van der Waals surface area contributed by atoms with Crippen molar-refractivity contribution in [1.82, 2.24) is 4.90 Å². The summed E-state index contributed by atoms with van der Waals surface area (Å²) in [4.78, 5) is 2.69. The van der Waals surface area contributed by atoms with Gasteiger partial charge in [-0.3, -0.25) is 4.90 Å². The molecule has 2 bridgehead atoms. The summed E-state index contributed by atoms with van der Waals surface area (Å²) in [6.07, 6.45) is 5.63. The van der Waals surface area contributed by atoms with Crippen LogP contribution in [0, 0.1) is 5.92 Å². The first-order valence-corrected chi connectivity index (χ1v) is 10.4. The van der Waals surface area contributed by atoms with Gasteiger partial charge in [0, 0.05) is 24.0 Å². The number of aryl methyl sites for hydroxylation is 1. The van der Waals surface area contributed by atoms with Crippen LogP contribution in [0.3, 0.4) is 0 Å². The molecule has 2 aromatic rings. The van der Waals surface area contributed by atoms with Gasteiger partial charge in [-0.25, -0.2) is 0 Å². The van der Waals surface area contributed by atoms with Gasteiger partial charge in [0.2, 0.25) is 0 Å². The van der Waals surface area contributed by atoms with Gasteiger partial charge in [-0.1, -0.05) is 49.4 Å². The van der Waals surface area contributed by atoms with E-state index in [9.17, 15) is 5.11 Å². The predicted molar refractivity (Wildman–Crippen MR) is 111 cm³/mol. The zero-order chi connectivity index (χ0) is 18.9. The lowest BCUT2D eigenvalue weighted by atomic mass is 9.57. The Morgan fingerprint density at radius 3 is 2.70 bits per heavy atom. The van der Waals surface area contributed by atoms with Crippen molar-refractivity contribution in [1.29, 1.82) is 0 Å². The van der Waals surface area contributed by atoms with Crippen LogP contribution >= 0.6 is 0 Å². The summed E-state index contributed by atoms with van der Waals surface area (Å²) in [5.41, 5.74) is 9.35. The second-order valence-corrected chi connectivity index (χ2v) is 8.75. The summed E-state index contributed by atoms with van der Waals surface area (Å²) in [7, 11) is 0. The Labute approximate surface area is 163 Å². The highest BCUT2D eigenvalue weighted by atomic mass is 16.3. The number of fused-ring (bicyclic) bond motifs is 2. The number of hydrogen-bond donors (Lipinski definition) is 2. The molecule has 1 heterocycles. The molecular weight excluding hydrogens is 332 g/mol. The monoisotopic (exact) mass is 364 g/mol. The largest absolute Gasteiger partial charge is 0.508 e. The highest BCUT2D eigenvalue weighted by molar-refractivity contribution is 5.36. The van der Waals surface area contributed by atoms with Crippen LogP contribution in [0.25, 0.3) is 0 Å². The van der Waals surface area contributed by atoms with Gasteiger partial charge in [-0.05, 0) is 67.8 Å². The second-order valence-electron chi connectivity index (χ2n) is 8.75. The molecule has 4 atom stereocenters. The van der Waals surface area contributed by atoms with Crippen LogP contribution < -0.4 is 5.73 Å². The van der Waals surface area contributed by atoms with E-state index in [4.69, 9.17) is 5.73 Å². The fourth-order valence-corrected chi connectivity index (χ4v) is 5.58. The summed E-state index contributed by atoms with van der Waals surface area (Å²) in [5.74, 6) is 0.911. The number of hydrogen-bond acceptors (Lipinski definition) is 3. The Bertz CT molecular complexity index is 762. The molecule has 3 nitrogen and oxygen atoms in total. The van der Waals surface area contributed by atoms with Crippen molar-refractivity contribution in [2.45, 2.75) is 56.5 Å². The van der Waals surface area contributed by atoms with E-state index in [0.717, 1.165) is 38.8 Å². The zero-order valence-corrected chi connectivity index (χ0v) is 16.3. The van der Waals surface area contributed by atoms with Crippen LogP contribution in [0.5, 0.6) is 5.75 Å². The summed E-state index contributed by atoms with van der Waals surface area (Å²) in [6, 6.07) is 19.5. The highest BCUT2D eigenvalue weighted by Gasteiger charge is 2.50. The van der Waals surface area contributed by atoms with Gasteiger partial charge in [-0.15, -0.1) is 0 Å². The third-order valence-corrected chi connectivity index (χ3v) is 6.94. The molecule has 2 aliphatic rings. The standard InChI is InChI=1S/C24H32N2O/c1-18-17-26(12-6-9-19-7-3-2-4-8-19)22-14-21(25)15-24(18,16-22)20-10-5-11-23(27)13-20/h2-5,7-8,10-11,13,18,21-22,27H,6,9,12,14-17,25H2,1H3/t18-,21-,22+,24+/m1/s1. The van der Waals surface area contributed by atoms with Crippen molar-refractivity contribution in [3.8, 4) is 5.75 Å². The number of rotatable bonds is 5. The molecule has 1 saturated carbocycles. The van der Waals surface area contributed by atoms with Gasteiger partial charge in [0.05, 0.1) is 0 Å².